The average Bonchev–Trinajstić information content (AvgIpc) is 1.43. The maximum absolute atomic E-state index is 2.73. The molecule has 0 amide bonds. The van der Waals surface area contributed by atoms with Gasteiger partial charge in [0.2, 0.25) is 13.4 Å². The van der Waals surface area contributed by atoms with E-state index in [1.165, 1.54) is 155 Å². The Morgan fingerprint density at radius 1 is 0.291 bits per heavy atom. The molecule has 9 aromatic carbocycles. The van der Waals surface area contributed by atoms with Gasteiger partial charge in [0.05, 0.1) is 11.0 Å². The Hall–Kier alpha value is -7.29. The van der Waals surface area contributed by atoms with E-state index < -0.39 is 0 Å². The maximum atomic E-state index is 2.73. The molecule has 0 radical (unpaired) electrons. The van der Waals surface area contributed by atoms with Crippen LogP contribution in [0.1, 0.15) is 207 Å². The lowest BCUT2D eigenvalue weighted by molar-refractivity contribution is 0.590. The highest BCUT2D eigenvalue weighted by Crippen LogP contribution is 2.43. The molecular formula is C82H90B2N2. The zero-order valence-electron chi connectivity index (χ0n) is 55.4. The van der Waals surface area contributed by atoms with Crippen LogP contribution < -0.4 is 32.8 Å². The summed E-state index contributed by atoms with van der Waals surface area (Å²) in [4.78, 5) is 0. The number of aromatic nitrogens is 2. The predicted molar refractivity (Wildman–Crippen MR) is 379 cm³/mol. The molecule has 2 aliphatic rings. The van der Waals surface area contributed by atoms with Gasteiger partial charge < -0.3 is 9.13 Å². The van der Waals surface area contributed by atoms with Gasteiger partial charge in [-0.25, -0.2) is 0 Å². The second-order valence-corrected chi connectivity index (χ2v) is 31.4. The summed E-state index contributed by atoms with van der Waals surface area (Å²) in [5.74, 6) is 1.21. The summed E-state index contributed by atoms with van der Waals surface area (Å²) in [6.45, 7) is 47.3. The lowest BCUT2D eigenvalue weighted by Gasteiger charge is -2.36. The predicted octanol–water partition coefficient (Wildman–Crippen LogP) is 18.6. The molecule has 2 nitrogen and oxygen atoms in total. The van der Waals surface area contributed by atoms with Crippen LogP contribution >= 0.6 is 0 Å². The second-order valence-electron chi connectivity index (χ2n) is 31.4. The van der Waals surface area contributed by atoms with Gasteiger partial charge in [-0.05, 0) is 182 Å². The molecule has 86 heavy (non-hydrogen) atoms. The first-order valence-electron chi connectivity index (χ1n) is 32.4. The normalized spacial score (nSPS) is 13.7. The molecule has 0 spiro atoms. The third kappa shape index (κ3) is 9.19. The fourth-order valence-corrected chi connectivity index (χ4v) is 15.2. The Bertz CT molecular complexity index is 4200. The molecule has 2 aliphatic heterocycles. The Kier molecular flexibility index (Phi) is 13.5. The van der Waals surface area contributed by atoms with Crippen molar-refractivity contribution in [1.82, 2.24) is 9.13 Å². The Morgan fingerprint density at radius 2 is 0.593 bits per heavy atom. The van der Waals surface area contributed by atoms with Crippen molar-refractivity contribution in [3.8, 4) is 33.6 Å². The minimum absolute atomic E-state index is 0.0432. The van der Waals surface area contributed by atoms with Crippen molar-refractivity contribution in [3.63, 3.8) is 0 Å². The summed E-state index contributed by atoms with van der Waals surface area (Å²) in [6.07, 6.45) is 0. The van der Waals surface area contributed by atoms with Crippen LogP contribution in [0.2, 0.25) is 0 Å². The molecule has 0 saturated carbocycles. The van der Waals surface area contributed by atoms with Crippen molar-refractivity contribution < 1.29 is 0 Å². The molecule has 0 N–H and O–H groups in total. The first kappa shape index (κ1) is 57.8. The summed E-state index contributed by atoms with van der Waals surface area (Å²) in [7, 11) is 0. The van der Waals surface area contributed by atoms with Crippen LogP contribution in [0.5, 0.6) is 0 Å². The highest BCUT2D eigenvalue weighted by atomic mass is 15.0. The van der Waals surface area contributed by atoms with Crippen molar-refractivity contribution in [2.24, 2.45) is 0 Å². The van der Waals surface area contributed by atoms with Crippen molar-refractivity contribution in [1.29, 1.82) is 0 Å². The van der Waals surface area contributed by atoms with Crippen LogP contribution in [0.4, 0.5) is 0 Å². The smallest absolute Gasteiger partial charge is 0.247 e. The minimum Gasteiger partial charge on any atom is -0.310 e. The lowest BCUT2D eigenvalue weighted by atomic mass is 9.31. The average molecular weight is 1130 g/mol. The van der Waals surface area contributed by atoms with Gasteiger partial charge in [-0.15, -0.1) is 0 Å². The van der Waals surface area contributed by atoms with Crippen LogP contribution in [-0.2, 0) is 21.7 Å². The molecule has 0 aliphatic carbocycles. The van der Waals surface area contributed by atoms with Gasteiger partial charge in [0.1, 0.15) is 0 Å². The van der Waals surface area contributed by atoms with E-state index in [-0.39, 0.29) is 35.1 Å². The largest absolute Gasteiger partial charge is 0.310 e. The van der Waals surface area contributed by atoms with Crippen LogP contribution in [0, 0.1) is 0 Å². The van der Waals surface area contributed by atoms with Crippen LogP contribution in [0.3, 0.4) is 0 Å². The van der Waals surface area contributed by atoms with E-state index in [2.05, 4.69) is 305 Å². The van der Waals surface area contributed by atoms with Gasteiger partial charge in [0.25, 0.3) is 0 Å². The van der Waals surface area contributed by atoms with Gasteiger partial charge >= 0.3 is 0 Å². The molecule has 0 bridgehead atoms. The molecule has 0 saturated heterocycles. The van der Waals surface area contributed by atoms with E-state index in [4.69, 9.17) is 0 Å². The molecule has 4 heterocycles. The third-order valence-electron chi connectivity index (χ3n) is 20.0. The van der Waals surface area contributed by atoms with E-state index in [1.807, 2.05) is 0 Å². The van der Waals surface area contributed by atoms with E-state index in [9.17, 15) is 0 Å². The molecule has 434 valence electrons. The highest BCUT2D eigenvalue weighted by Gasteiger charge is 2.43. The SMILES string of the molecule is CC(C)c1cccc(C(C)C)c1B1c2cc3c(cc2-n2c4ccc(C(C)(C)C)cc4c4cc(-c5ccc(C(C)(C)C)cc5)cc1c42)B(c1c(C(C)C)cccc1C(C)C)c1cc(-c2ccc(C(C)(C)C)cc2)cc2c4cc(C(C)(C)C)ccc4n-3c12. The first-order chi connectivity index (χ1) is 40.5. The second kappa shape index (κ2) is 20.1. The van der Waals surface area contributed by atoms with Gasteiger partial charge in [0.15, 0.2) is 0 Å². The quantitative estimate of drug-likeness (QED) is 0.134. The molecule has 13 rings (SSSR count). The molecule has 0 atom stereocenters. The number of nitrogens with zero attached hydrogens (tertiary/aromatic N) is 2. The molecular weight excluding hydrogens is 1030 g/mol. The number of benzene rings is 9. The number of hydrogen-bond donors (Lipinski definition) is 0. The molecule has 11 aromatic rings. The van der Waals surface area contributed by atoms with E-state index in [0.29, 0.717) is 23.7 Å². The van der Waals surface area contributed by atoms with E-state index in [1.54, 1.807) is 0 Å². The van der Waals surface area contributed by atoms with Gasteiger partial charge in [0, 0.05) is 44.0 Å². The first-order valence-corrected chi connectivity index (χ1v) is 32.4. The number of hydrogen-bond acceptors (Lipinski definition) is 0. The topological polar surface area (TPSA) is 9.86 Å². The van der Waals surface area contributed by atoms with E-state index >= 15 is 0 Å². The molecule has 0 fully saturated rings. The summed E-state index contributed by atoms with van der Waals surface area (Å²) in [5.41, 5.74) is 32.4. The zero-order valence-corrected chi connectivity index (χ0v) is 55.4. The van der Waals surface area contributed by atoms with Gasteiger partial charge in [-0.1, -0.05) is 259 Å². The zero-order chi connectivity index (χ0) is 61.2. The molecule has 0 unspecified atom stereocenters. The van der Waals surface area contributed by atoms with Crippen LogP contribution in [-0.4, -0.2) is 22.6 Å². The van der Waals surface area contributed by atoms with Crippen LogP contribution in [0.25, 0.3) is 77.2 Å². The standard InChI is InChI=1S/C82H90B2N2/c1-47(2)59-23-21-24-60(48(3)4)75(59)83-67-45-74-68(46-73(67)85-71-37-35-57(81(15,16)17)43-63(71)65-39-53(41-69(83)77(65)85)51-27-31-55(32-28-51)79(9,10)11)84(76-61(49(5)6)25-22-26-62(76)50(7)8)70-42-54(52-29-33-56(34-30-52)80(12,13)14)40-66-64-44-58(82(18,19)20)36-38-72(64)86(74)78(66)70/h21-50H,1-20H3. The van der Waals surface area contributed by atoms with Crippen molar-refractivity contribution in [2.45, 2.75) is 184 Å². The Labute approximate surface area is 515 Å². The van der Waals surface area contributed by atoms with E-state index in [0.717, 1.165) is 0 Å². The number of fused-ring (bicyclic) bond motifs is 10. The van der Waals surface area contributed by atoms with Crippen LogP contribution in [0.15, 0.2) is 158 Å². The Balaban J connectivity index is 1.24. The highest BCUT2D eigenvalue weighted by molar-refractivity contribution is 7.00. The summed E-state index contributed by atoms with van der Waals surface area (Å²) < 4.78 is 5.46. The van der Waals surface area contributed by atoms with Crippen molar-refractivity contribution in [3.05, 3.63) is 202 Å². The lowest BCUT2D eigenvalue weighted by Crippen LogP contribution is -2.61. The fraction of sp³-hybridized carbons (Fsp3) is 0.341. The third-order valence-corrected chi connectivity index (χ3v) is 20.0. The number of rotatable bonds is 8. The molecule has 4 heteroatoms. The Morgan fingerprint density at radius 3 is 0.884 bits per heavy atom. The summed E-state index contributed by atoms with van der Waals surface area (Å²) in [5, 5.41) is 5.28. The monoisotopic (exact) mass is 1120 g/mol. The molecule has 2 aromatic heterocycles. The summed E-state index contributed by atoms with van der Waals surface area (Å²) >= 11 is 0. The van der Waals surface area contributed by atoms with Gasteiger partial charge in [-0.3, -0.25) is 0 Å². The van der Waals surface area contributed by atoms with Crippen molar-refractivity contribution in [2.75, 3.05) is 0 Å². The summed E-state index contributed by atoms with van der Waals surface area (Å²) in [6, 6.07) is 64.1. The van der Waals surface area contributed by atoms with Crippen molar-refractivity contribution >= 4 is 89.8 Å². The minimum atomic E-state index is -0.0706. The maximum Gasteiger partial charge on any atom is 0.247 e. The fourth-order valence-electron chi connectivity index (χ4n) is 15.2. The van der Waals surface area contributed by atoms with Gasteiger partial charge in [-0.2, -0.15) is 0 Å².